The molecule has 2 aliphatic heterocycles. The minimum Gasteiger partial charge on any atom is -0.381 e. The Kier molecular flexibility index (Phi) is 3.27. The van der Waals surface area contributed by atoms with Gasteiger partial charge in [-0.2, -0.15) is 0 Å². The Balaban J connectivity index is 1.67. The van der Waals surface area contributed by atoms with E-state index < -0.39 is 0 Å². The molecule has 1 aromatic heterocycles. The van der Waals surface area contributed by atoms with Gasteiger partial charge in [0.1, 0.15) is 0 Å². The molecule has 0 aliphatic carbocycles. The molecule has 1 saturated heterocycles. The zero-order valence-electron chi connectivity index (χ0n) is 10.6. The number of halogens is 2. The topological polar surface area (TPSA) is 40.3 Å². The Hall–Kier alpha value is -0.590. The fourth-order valence-electron chi connectivity index (χ4n) is 2.64. The van der Waals surface area contributed by atoms with Crippen molar-refractivity contribution in [3.8, 4) is 0 Å². The number of anilines is 1. The molecule has 0 bridgehead atoms. The summed E-state index contributed by atoms with van der Waals surface area (Å²) in [6, 6.07) is 2.01. The zero-order chi connectivity index (χ0) is 13.7. The number of nitrogens with one attached hydrogen (secondary N) is 2. The van der Waals surface area contributed by atoms with Gasteiger partial charge in [0, 0.05) is 42.7 Å². The maximum atomic E-state index is 6.35. The molecule has 0 amide bonds. The van der Waals surface area contributed by atoms with Gasteiger partial charge in [-0.15, -0.1) is 0 Å². The molecule has 3 heterocycles. The molecule has 0 unspecified atom stereocenters. The van der Waals surface area contributed by atoms with Crippen LogP contribution < -0.4 is 4.72 Å². The molecule has 0 radical (unpaired) electrons. The minimum absolute atomic E-state index is 0.644. The molecule has 106 valence electrons. The number of benzene rings is 1. The first-order valence-electron chi connectivity index (χ1n) is 6.46. The highest BCUT2D eigenvalue weighted by atomic mass is 35.5. The van der Waals surface area contributed by atoms with E-state index in [0.717, 1.165) is 42.9 Å². The van der Waals surface area contributed by atoms with Crippen molar-refractivity contribution in [1.82, 2.24) is 9.29 Å². The highest BCUT2D eigenvalue weighted by Gasteiger charge is 2.27. The van der Waals surface area contributed by atoms with E-state index in [2.05, 4.69) is 14.0 Å². The molecule has 1 fully saturated rings. The maximum absolute atomic E-state index is 6.35. The average molecular weight is 330 g/mol. The van der Waals surface area contributed by atoms with E-state index in [-0.39, 0.29) is 0 Å². The van der Waals surface area contributed by atoms with Crippen molar-refractivity contribution in [2.75, 3.05) is 24.5 Å². The first-order chi connectivity index (χ1) is 9.72. The first kappa shape index (κ1) is 13.1. The molecule has 2 aromatic rings. The molecule has 4 rings (SSSR count). The SMILES string of the molecule is Clc1c[nH]c2c3c(cc(Cl)c12)CN(CC1COC1)SN3. The number of aromatic nitrogens is 1. The second-order valence-corrected chi connectivity index (χ2v) is 6.92. The monoisotopic (exact) mass is 329 g/mol. The van der Waals surface area contributed by atoms with E-state index in [0.29, 0.717) is 16.0 Å². The van der Waals surface area contributed by atoms with Gasteiger partial charge in [0.05, 0.1) is 34.5 Å². The predicted octanol–water partition coefficient (Wildman–Crippen LogP) is 3.91. The van der Waals surface area contributed by atoms with Crippen LogP contribution in [0.5, 0.6) is 0 Å². The molecule has 2 N–H and O–H groups in total. The summed E-state index contributed by atoms with van der Waals surface area (Å²) in [5.74, 6) is 0.644. The highest BCUT2D eigenvalue weighted by Crippen LogP contribution is 2.41. The van der Waals surface area contributed by atoms with Gasteiger partial charge in [0.15, 0.2) is 0 Å². The predicted molar refractivity (Wildman–Crippen MR) is 84.3 cm³/mol. The van der Waals surface area contributed by atoms with Gasteiger partial charge in [-0.05, 0) is 11.6 Å². The van der Waals surface area contributed by atoms with E-state index >= 15 is 0 Å². The molecular formula is C13H13Cl2N3OS. The molecule has 2 aliphatic rings. The zero-order valence-corrected chi connectivity index (χ0v) is 12.9. The number of ether oxygens (including phenoxy) is 1. The van der Waals surface area contributed by atoms with E-state index in [1.165, 1.54) is 5.56 Å². The number of nitrogens with zero attached hydrogens (tertiary/aromatic N) is 1. The summed E-state index contributed by atoms with van der Waals surface area (Å²) in [4.78, 5) is 3.20. The smallest absolute Gasteiger partial charge is 0.0742 e. The Bertz CT molecular complexity index is 671. The molecule has 0 saturated carbocycles. The quantitative estimate of drug-likeness (QED) is 0.819. The van der Waals surface area contributed by atoms with Crippen molar-refractivity contribution in [3.63, 3.8) is 0 Å². The number of hydrogen-bond donors (Lipinski definition) is 2. The Labute approximate surface area is 131 Å². The van der Waals surface area contributed by atoms with Gasteiger partial charge in [0.2, 0.25) is 0 Å². The number of hydrogen-bond acceptors (Lipinski definition) is 4. The lowest BCUT2D eigenvalue weighted by Gasteiger charge is -2.34. The van der Waals surface area contributed by atoms with Gasteiger partial charge in [-0.1, -0.05) is 23.2 Å². The highest BCUT2D eigenvalue weighted by molar-refractivity contribution is 7.98. The fraction of sp³-hybridized carbons (Fsp3) is 0.385. The third kappa shape index (κ3) is 2.09. The van der Waals surface area contributed by atoms with Crippen molar-refractivity contribution in [1.29, 1.82) is 0 Å². The maximum Gasteiger partial charge on any atom is 0.0742 e. The van der Waals surface area contributed by atoms with Gasteiger partial charge < -0.3 is 14.4 Å². The van der Waals surface area contributed by atoms with Crippen LogP contribution in [0.3, 0.4) is 0 Å². The fourth-order valence-corrected chi connectivity index (χ4v) is 4.21. The lowest BCUT2D eigenvalue weighted by Crippen LogP contribution is -2.38. The van der Waals surface area contributed by atoms with E-state index in [9.17, 15) is 0 Å². The summed E-state index contributed by atoms with van der Waals surface area (Å²) in [6.45, 7) is 3.64. The second kappa shape index (κ2) is 5.00. The summed E-state index contributed by atoms with van der Waals surface area (Å²) in [6.07, 6.45) is 1.78. The molecule has 1 aromatic carbocycles. The van der Waals surface area contributed by atoms with Crippen LogP contribution in [0.4, 0.5) is 5.69 Å². The minimum atomic E-state index is 0.644. The lowest BCUT2D eigenvalue weighted by molar-refractivity contribution is -0.0380. The van der Waals surface area contributed by atoms with Crippen molar-refractivity contribution in [2.24, 2.45) is 5.92 Å². The summed E-state index contributed by atoms with van der Waals surface area (Å²) in [5.41, 5.74) is 3.26. The normalized spacial score (nSPS) is 19.7. The van der Waals surface area contributed by atoms with Gasteiger partial charge in [0.25, 0.3) is 0 Å². The number of fused-ring (bicyclic) bond motifs is 3. The molecule has 20 heavy (non-hydrogen) atoms. The third-order valence-corrected chi connectivity index (χ3v) is 5.16. The molecule has 0 spiro atoms. The second-order valence-electron chi connectivity index (χ2n) is 5.20. The third-order valence-electron chi connectivity index (χ3n) is 3.74. The van der Waals surface area contributed by atoms with Crippen LogP contribution >= 0.6 is 35.3 Å². The van der Waals surface area contributed by atoms with Crippen LogP contribution in [-0.2, 0) is 11.3 Å². The Morgan fingerprint density at radius 3 is 2.95 bits per heavy atom. The van der Waals surface area contributed by atoms with E-state index in [1.807, 2.05) is 6.07 Å². The van der Waals surface area contributed by atoms with Gasteiger partial charge in [-0.3, -0.25) is 0 Å². The van der Waals surface area contributed by atoms with Crippen molar-refractivity contribution < 1.29 is 4.74 Å². The van der Waals surface area contributed by atoms with Crippen molar-refractivity contribution in [3.05, 3.63) is 27.9 Å². The van der Waals surface area contributed by atoms with E-state index in [4.69, 9.17) is 27.9 Å². The molecule has 7 heteroatoms. The molecule has 0 atom stereocenters. The average Bonchev–Trinajstić information content (AvgIpc) is 2.77. The summed E-state index contributed by atoms with van der Waals surface area (Å²) in [5, 5.41) is 2.25. The molecule has 4 nitrogen and oxygen atoms in total. The summed E-state index contributed by atoms with van der Waals surface area (Å²) in [7, 11) is 0. The van der Waals surface area contributed by atoms with E-state index in [1.54, 1.807) is 18.3 Å². The van der Waals surface area contributed by atoms with Crippen LogP contribution in [-0.4, -0.2) is 29.0 Å². The van der Waals surface area contributed by atoms with Gasteiger partial charge in [-0.25, -0.2) is 4.31 Å². The largest absolute Gasteiger partial charge is 0.381 e. The van der Waals surface area contributed by atoms with Crippen LogP contribution in [0.2, 0.25) is 10.0 Å². The molecular weight excluding hydrogens is 317 g/mol. The Morgan fingerprint density at radius 1 is 1.35 bits per heavy atom. The van der Waals surface area contributed by atoms with Crippen LogP contribution in [0.15, 0.2) is 12.3 Å². The van der Waals surface area contributed by atoms with Crippen LogP contribution in [0.25, 0.3) is 10.9 Å². The van der Waals surface area contributed by atoms with Crippen molar-refractivity contribution in [2.45, 2.75) is 6.54 Å². The Morgan fingerprint density at radius 2 is 2.20 bits per heavy atom. The summed E-state index contributed by atoms with van der Waals surface area (Å²) < 4.78 is 10.9. The number of aromatic amines is 1. The number of H-pyrrole nitrogens is 1. The van der Waals surface area contributed by atoms with Gasteiger partial charge >= 0.3 is 0 Å². The standard InChI is InChI=1S/C13H13Cl2N3OS/c14-9-1-8-4-18(3-7-5-19-6-7)20-17-12(8)13-11(9)10(15)2-16-13/h1-2,7,16-17H,3-6H2. The lowest BCUT2D eigenvalue weighted by atomic mass is 10.1. The van der Waals surface area contributed by atoms with Crippen molar-refractivity contribution >= 4 is 51.9 Å². The number of rotatable bonds is 2. The van der Waals surface area contributed by atoms with Crippen LogP contribution in [0, 0.1) is 5.92 Å². The summed E-state index contributed by atoms with van der Waals surface area (Å²) >= 11 is 14.2. The first-order valence-corrected chi connectivity index (χ1v) is 7.99. The van der Waals surface area contributed by atoms with Crippen LogP contribution in [0.1, 0.15) is 5.56 Å².